The maximum absolute atomic E-state index is 10.9. The Labute approximate surface area is 88.0 Å². The molecule has 0 radical (unpaired) electrons. The molecule has 0 bridgehead atoms. The van der Waals surface area contributed by atoms with Gasteiger partial charge in [-0.2, -0.15) is 0 Å². The van der Waals surface area contributed by atoms with Crippen molar-refractivity contribution in [3.8, 4) is 5.75 Å². The lowest BCUT2D eigenvalue weighted by atomic mass is 9.85. The number of rotatable bonds is 2. The molecule has 0 heterocycles. The van der Waals surface area contributed by atoms with Crippen LogP contribution in [0.2, 0.25) is 0 Å². The van der Waals surface area contributed by atoms with Gasteiger partial charge in [0.2, 0.25) is 0 Å². The van der Waals surface area contributed by atoms with Crippen LogP contribution in [0.1, 0.15) is 36.7 Å². The minimum absolute atomic E-state index is 0.0116. The van der Waals surface area contributed by atoms with Gasteiger partial charge < -0.3 is 9.99 Å². The highest BCUT2D eigenvalue weighted by Crippen LogP contribution is 2.33. The molecule has 0 saturated heterocycles. The van der Waals surface area contributed by atoms with E-state index in [-0.39, 0.29) is 16.7 Å². The van der Waals surface area contributed by atoms with E-state index >= 15 is 0 Å². The van der Waals surface area contributed by atoms with Crippen LogP contribution in [-0.2, 0) is 5.41 Å². The first-order chi connectivity index (χ1) is 6.88. The van der Waals surface area contributed by atoms with Crippen molar-refractivity contribution in [2.45, 2.75) is 26.2 Å². The molecule has 2 N–H and O–H groups in total. The molecule has 0 aliphatic heterocycles. The van der Waals surface area contributed by atoms with Crippen molar-refractivity contribution < 1.29 is 20.0 Å². The van der Waals surface area contributed by atoms with Crippen molar-refractivity contribution in [3.05, 3.63) is 29.3 Å². The highest BCUT2D eigenvalue weighted by Gasteiger charge is 2.24. The molecule has 1 aromatic carbocycles. The fourth-order valence-electron chi connectivity index (χ4n) is 1.39. The van der Waals surface area contributed by atoms with E-state index in [1.54, 1.807) is 12.1 Å². The van der Waals surface area contributed by atoms with E-state index < -0.39 is 5.97 Å². The highest BCUT2D eigenvalue weighted by atomic mass is 17.1. The summed E-state index contributed by atoms with van der Waals surface area (Å²) in [6, 6.07) is 4.76. The van der Waals surface area contributed by atoms with Crippen molar-refractivity contribution in [1.82, 2.24) is 0 Å². The summed E-state index contributed by atoms with van der Waals surface area (Å²) in [4.78, 5) is 15.1. The molecular weight excluding hydrogens is 196 g/mol. The third-order valence-corrected chi connectivity index (χ3v) is 2.14. The first-order valence-electron chi connectivity index (χ1n) is 4.56. The molecule has 0 amide bonds. The van der Waals surface area contributed by atoms with Crippen LogP contribution in [-0.4, -0.2) is 16.3 Å². The molecule has 4 heteroatoms. The average molecular weight is 210 g/mol. The summed E-state index contributed by atoms with van der Waals surface area (Å²) in [6.07, 6.45) is 0. The quantitative estimate of drug-likeness (QED) is 0.581. The summed E-state index contributed by atoms with van der Waals surface area (Å²) in [7, 11) is 0. The van der Waals surface area contributed by atoms with Gasteiger partial charge in [-0.3, -0.25) is 0 Å². The Morgan fingerprint density at radius 3 is 2.33 bits per heavy atom. The fraction of sp³-hybridized carbons (Fsp3) is 0.364. The summed E-state index contributed by atoms with van der Waals surface area (Å²) in [6.45, 7) is 5.74. The number of benzene rings is 1. The van der Waals surface area contributed by atoms with Gasteiger partial charge in [0.1, 0.15) is 5.56 Å². The molecule has 0 aromatic heterocycles. The summed E-state index contributed by atoms with van der Waals surface area (Å²) in [5.74, 6) is -1.11. The van der Waals surface area contributed by atoms with Crippen LogP contribution in [0.5, 0.6) is 5.75 Å². The van der Waals surface area contributed by atoms with Gasteiger partial charge in [0, 0.05) is 5.56 Å². The Bertz CT molecular complexity index is 377. The van der Waals surface area contributed by atoms with Crippen molar-refractivity contribution in [3.63, 3.8) is 0 Å². The van der Waals surface area contributed by atoms with Gasteiger partial charge in [-0.1, -0.05) is 32.9 Å². The summed E-state index contributed by atoms with van der Waals surface area (Å²) < 4.78 is 0. The van der Waals surface area contributed by atoms with Crippen molar-refractivity contribution in [2.75, 3.05) is 0 Å². The number of carbonyl (C=O) groups is 1. The van der Waals surface area contributed by atoms with Crippen LogP contribution >= 0.6 is 0 Å². The minimum atomic E-state index is -1.12. The number of hydrogen-bond acceptors (Lipinski definition) is 3. The lowest BCUT2D eigenvalue weighted by Crippen LogP contribution is -2.15. The molecule has 0 aliphatic carbocycles. The van der Waals surface area contributed by atoms with Crippen LogP contribution < -0.4 is 4.89 Å². The predicted molar refractivity (Wildman–Crippen MR) is 55.4 cm³/mol. The zero-order valence-corrected chi connectivity index (χ0v) is 8.94. The Hall–Kier alpha value is -1.55. The summed E-state index contributed by atoms with van der Waals surface area (Å²) in [5, 5.41) is 17.6. The van der Waals surface area contributed by atoms with E-state index in [1.807, 2.05) is 20.8 Å². The van der Waals surface area contributed by atoms with Gasteiger partial charge in [0.15, 0.2) is 5.75 Å². The Morgan fingerprint density at radius 1 is 1.33 bits per heavy atom. The topological polar surface area (TPSA) is 66.8 Å². The van der Waals surface area contributed by atoms with E-state index in [0.29, 0.717) is 5.56 Å². The van der Waals surface area contributed by atoms with Gasteiger partial charge in [0.25, 0.3) is 0 Å². The first-order valence-corrected chi connectivity index (χ1v) is 4.56. The SMILES string of the molecule is CC(C)(C)c1cccc(C(=O)O)c1OO. The molecule has 4 nitrogen and oxygen atoms in total. The van der Waals surface area contributed by atoms with Gasteiger partial charge in [-0.25, -0.2) is 10.1 Å². The number of hydrogen-bond donors (Lipinski definition) is 2. The first kappa shape index (κ1) is 11.5. The van der Waals surface area contributed by atoms with E-state index in [4.69, 9.17) is 10.4 Å². The second-order valence-electron chi connectivity index (χ2n) is 4.33. The maximum Gasteiger partial charge on any atom is 0.339 e. The largest absolute Gasteiger partial charge is 0.478 e. The molecule has 0 atom stereocenters. The van der Waals surface area contributed by atoms with E-state index in [9.17, 15) is 4.79 Å². The highest BCUT2D eigenvalue weighted by molar-refractivity contribution is 5.91. The Kier molecular flexibility index (Phi) is 3.00. The van der Waals surface area contributed by atoms with Crippen LogP contribution in [0.3, 0.4) is 0 Å². The Balaban J connectivity index is 3.42. The number of carboxylic acid groups (broad SMARTS) is 1. The van der Waals surface area contributed by atoms with Gasteiger partial charge >= 0.3 is 5.97 Å². The van der Waals surface area contributed by atoms with Crippen molar-refractivity contribution in [1.29, 1.82) is 0 Å². The molecule has 0 spiro atoms. The summed E-state index contributed by atoms with van der Waals surface area (Å²) >= 11 is 0. The zero-order chi connectivity index (χ0) is 11.6. The standard InChI is InChI=1S/C11H14O4/c1-11(2,3)8-6-4-5-7(10(12)13)9(8)15-14/h4-6,14H,1-3H3,(H,12,13). The molecule has 0 saturated carbocycles. The molecule has 0 fully saturated rings. The van der Waals surface area contributed by atoms with Crippen LogP contribution in [0.15, 0.2) is 18.2 Å². The molecular formula is C11H14O4. The van der Waals surface area contributed by atoms with Gasteiger partial charge in [-0.05, 0) is 11.5 Å². The molecule has 0 unspecified atom stereocenters. The van der Waals surface area contributed by atoms with E-state index in [1.165, 1.54) is 6.07 Å². The molecule has 82 valence electrons. The predicted octanol–water partition coefficient (Wildman–Crippen LogP) is 2.53. The molecule has 1 aromatic rings. The van der Waals surface area contributed by atoms with Crippen LogP contribution in [0.25, 0.3) is 0 Å². The zero-order valence-electron chi connectivity index (χ0n) is 8.94. The van der Waals surface area contributed by atoms with E-state index in [0.717, 1.165) is 0 Å². The monoisotopic (exact) mass is 210 g/mol. The minimum Gasteiger partial charge on any atom is -0.478 e. The second kappa shape index (κ2) is 3.90. The number of carboxylic acids is 1. The number of para-hydroxylation sites is 1. The molecule has 1 rings (SSSR count). The molecule has 15 heavy (non-hydrogen) atoms. The average Bonchev–Trinajstić information content (AvgIpc) is 2.15. The van der Waals surface area contributed by atoms with E-state index in [2.05, 4.69) is 4.89 Å². The van der Waals surface area contributed by atoms with Crippen molar-refractivity contribution in [2.24, 2.45) is 0 Å². The fourth-order valence-corrected chi connectivity index (χ4v) is 1.39. The normalized spacial score (nSPS) is 11.2. The lowest BCUT2D eigenvalue weighted by Gasteiger charge is -2.21. The third kappa shape index (κ3) is 2.27. The lowest BCUT2D eigenvalue weighted by molar-refractivity contribution is -0.139. The second-order valence-corrected chi connectivity index (χ2v) is 4.33. The Morgan fingerprint density at radius 2 is 1.93 bits per heavy atom. The van der Waals surface area contributed by atoms with Gasteiger partial charge in [-0.15, -0.1) is 0 Å². The van der Waals surface area contributed by atoms with Crippen molar-refractivity contribution >= 4 is 5.97 Å². The molecule has 0 aliphatic rings. The smallest absolute Gasteiger partial charge is 0.339 e. The third-order valence-electron chi connectivity index (χ3n) is 2.14. The maximum atomic E-state index is 10.9. The van der Waals surface area contributed by atoms with Gasteiger partial charge in [0.05, 0.1) is 0 Å². The summed E-state index contributed by atoms with van der Waals surface area (Å²) in [5.41, 5.74) is 0.332. The van der Waals surface area contributed by atoms with Crippen LogP contribution in [0, 0.1) is 0 Å². The van der Waals surface area contributed by atoms with Crippen LogP contribution in [0.4, 0.5) is 0 Å². The number of aromatic carboxylic acids is 1.